The first kappa shape index (κ1) is 21.7. The summed E-state index contributed by atoms with van der Waals surface area (Å²) in [5.41, 5.74) is 2.03. The average Bonchev–Trinajstić information content (AvgIpc) is 2.76. The second-order valence-corrected chi connectivity index (χ2v) is 7.80. The van der Waals surface area contributed by atoms with Crippen LogP contribution < -0.4 is 14.2 Å². The highest BCUT2D eigenvalue weighted by molar-refractivity contribution is 6.31. The number of halogens is 1. The van der Waals surface area contributed by atoms with Gasteiger partial charge in [-0.1, -0.05) is 41.9 Å². The van der Waals surface area contributed by atoms with E-state index in [1.54, 1.807) is 30.3 Å². The molecule has 1 N–H and O–H groups in total. The summed E-state index contributed by atoms with van der Waals surface area (Å²) in [7, 11) is 0. The van der Waals surface area contributed by atoms with Crippen LogP contribution in [0.15, 0.2) is 72.8 Å². The molecule has 0 fully saturated rings. The van der Waals surface area contributed by atoms with Crippen LogP contribution in [-0.2, 0) is 4.79 Å². The van der Waals surface area contributed by atoms with E-state index in [2.05, 4.69) is 0 Å². The maximum absolute atomic E-state index is 12.1. The summed E-state index contributed by atoms with van der Waals surface area (Å²) >= 11 is 6.22. The molecular formula is C26H21ClO5. The van der Waals surface area contributed by atoms with Crippen LogP contribution in [0.25, 0.3) is 10.8 Å². The van der Waals surface area contributed by atoms with E-state index in [0.717, 1.165) is 16.5 Å². The molecule has 0 saturated carbocycles. The number of rotatable bonds is 6. The van der Waals surface area contributed by atoms with Crippen molar-refractivity contribution >= 4 is 28.3 Å². The number of hydrogen-bond donors (Lipinski definition) is 1. The minimum atomic E-state index is -0.826. The number of ether oxygens (including phenoxy) is 3. The molecule has 0 bridgehead atoms. The number of hydrogen-bond acceptors (Lipinski definition) is 5. The van der Waals surface area contributed by atoms with Gasteiger partial charge in [0.05, 0.1) is 0 Å². The number of carbonyl (C=O) groups is 1. The smallest absolute Gasteiger partial charge is 0.337 e. The fourth-order valence-corrected chi connectivity index (χ4v) is 3.49. The Morgan fingerprint density at radius 3 is 2.12 bits per heavy atom. The fraction of sp³-hybridized carbons (Fsp3) is 0.115. The molecule has 0 heterocycles. The monoisotopic (exact) mass is 448 g/mol. The normalized spacial score (nSPS) is 10.8. The van der Waals surface area contributed by atoms with Gasteiger partial charge < -0.3 is 19.3 Å². The Morgan fingerprint density at radius 1 is 0.844 bits per heavy atom. The standard InChI is InChI=1S/C26H21ClO5/c1-16-5-3-7-20(11-16)30-23-13-18-9-10-19(27)14-22(18)25(32-24(29)15-28)26(23)31-21-8-4-6-17(2)12-21/h3-14,28H,15H2,1-2H3. The molecule has 0 aliphatic rings. The van der Waals surface area contributed by atoms with Gasteiger partial charge >= 0.3 is 5.97 Å². The van der Waals surface area contributed by atoms with Crippen molar-refractivity contribution in [3.8, 4) is 28.7 Å². The fourth-order valence-electron chi connectivity index (χ4n) is 3.31. The molecule has 4 aromatic rings. The van der Waals surface area contributed by atoms with E-state index in [9.17, 15) is 9.90 Å². The summed E-state index contributed by atoms with van der Waals surface area (Å²) in [6.45, 7) is 3.13. The number of fused-ring (bicyclic) bond motifs is 1. The van der Waals surface area contributed by atoms with Gasteiger partial charge in [0.25, 0.3) is 0 Å². The molecule has 0 aliphatic carbocycles. The summed E-state index contributed by atoms with van der Waals surface area (Å²) in [6, 6.07) is 22.1. The Morgan fingerprint density at radius 2 is 1.50 bits per heavy atom. The number of aliphatic hydroxyl groups is 1. The van der Waals surface area contributed by atoms with E-state index < -0.39 is 12.6 Å². The summed E-state index contributed by atoms with van der Waals surface area (Å²) in [5, 5.41) is 11.1. The highest BCUT2D eigenvalue weighted by Gasteiger charge is 2.22. The van der Waals surface area contributed by atoms with Gasteiger partial charge in [0.2, 0.25) is 5.75 Å². The van der Waals surface area contributed by atoms with Gasteiger partial charge in [-0.15, -0.1) is 0 Å². The van der Waals surface area contributed by atoms with E-state index >= 15 is 0 Å². The Hall–Kier alpha value is -3.54. The molecule has 0 amide bonds. The van der Waals surface area contributed by atoms with Crippen LogP contribution >= 0.6 is 11.6 Å². The van der Waals surface area contributed by atoms with Crippen molar-refractivity contribution < 1.29 is 24.1 Å². The first-order valence-corrected chi connectivity index (χ1v) is 10.4. The lowest BCUT2D eigenvalue weighted by Gasteiger charge is -2.18. The number of aryl methyl sites for hydroxylation is 2. The molecule has 4 rings (SSSR count). The summed E-state index contributed by atoms with van der Waals surface area (Å²) in [4.78, 5) is 12.1. The molecule has 0 atom stereocenters. The lowest BCUT2D eigenvalue weighted by atomic mass is 10.1. The van der Waals surface area contributed by atoms with Gasteiger partial charge in [-0.05, 0) is 72.8 Å². The lowest BCUT2D eigenvalue weighted by molar-refractivity contribution is -0.137. The summed E-state index contributed by atoms with van der Waals surface area (Å²) in [5.74, 6) is 0.997. The predicted molar refractivity (Wildman–Crippen MR) is 124 cm³/mol. The van der Waals surface area contributed by atoms with Crippen LogP contribution in [0, 0.1) is 13.8 Å². The molecule has 5 nitrogen and oxygen atoms in total. The molecule has 0 spiro atoms. The second-order valence-electron chi connectivity index (χ2n) is 7.37. The SMILES string of the molecule is Cc1cccc(Oc2cc3ccc(Cl)cc3c(OC(=O)CO)c2Oc2cccc(C)c2)c1. The van der Waals surface area contributed by atoms with Crippen molar-refractivity contribution in [1.29, 1.82) is 0 Å². The van der Waals surface area contributed by atoms with Crippen LogP contribution in [0.5, 0.6) is 28.7 Å². The maximum Gasteiger partial charge on any atom is 0.337 e. The van der Waals surface area contributed by atoms with Crippen molar-refractivity contribution in [3.05, 3.63) is 88.9 Å². The highest BCUT2D eigenvalue weighted by Crippen LogP contribution is 2.48. The number of carbonyl (C=O) groups excluding carboxylic acids is 1. The topological polar surface area (TPSA) is 65.0 Å². The summed E-state index contributed by atoms with van der Waals surface area (Å²) < 4.78 is 17.9. The van der Waals surface area contributed by atoms with Crippen LogP contribution in [0.2, 0.25) is 5.02 Å². The van der Waals surface area contributed by atoms with Gasteiger partial charge in [0, 0.05) is 10.4 Å². The quantitative estimate of drug-likeness (QED) is 0.266. The largest absolute Gasteiger partial charge is 0.453 e. The van der Waals surface area contributed by atoms with Crippen LogP contribution in [-0.4, -0.2) is 17.7 Å². The Labute approximate surface area is 190 Å². The average molecular weight is 449 g/mol. The van der Waals surface area contributed by atoms with Gasteiger partial charge in [0.15, 0.2) is 11.5 Å². The van der Waals surface area contributed by atoms with Crippen LogP contribution in [0.3, 0.4) is 0 Å². The van der Waals surface area contributed by atoms with Gasteiger partial charge in [0.1, 0.15) is 18.1 Å². The van der Waals surface area contributed by atoms with Crippen molar-refractivity contribution in [2.24, 2.45) is 0 Å². The molecule has 6 heteroatoms. The van der Waals surface area contributed by atoms with Gasteiger partial charge in [-0.2, -0.15) is 0 Å². The minimum absolute atomic E-state index is 0.119. The highest BCUT2D eigenvalue weighted by atomic mass is 35.5. The Balaban J connectivity index is 1.94. The van der Waals surface area contributed by atoms with Crippen molar-refractivity contribution in [2.75, 3.05) is 6.61 Å². The zero-order valence-electron chi connectivity index (χ0n) is 17.6. The van der Waals surface area contributed by atoms with Crippen LogP contribution in [0.1, 0.15) is 11.1 Å². The molecule has 0 radical (unpaired) electrons. The third-order valence-corrected chi connectivity index (χ3v) is 4.98. The molecule has 162 valence electrons. The molecule has 0 saturated heterocycles. The molecule has 0 aromatic heterocycles. The van der Waals surface area contributed by atoms with Crippen molar-refractivity contribution in [1.82, 2.24) is 0 Å². The van der Waals surface area contributed by atoms with E-state index in [1.807, 2.05) is 56.3 Å². The van der Waals surface area contributed by atoms with E-state index in [4.69, 9.17) is 25.8 Å². The molecule has 4 aromatic carbocycles. The number of esters is 1. The molecule has 0 aliphatic heterocycles. The zero-order valence-corrected chi connectivity index (χ0v) is 18.3. The maximum atomic E-state index is 12.1. The molecular weight excluding hydrogens is 428 g/mol. The van der Waals surface area contributed by atoms with Gasteiger partial charge in [-0.3, -0.25) is 0 Å². The molecule has 32 heavy (non-hydrogen) atoms. The number of aliphatic hydroxyl groups excluding tert-OH is 1. The molecule has 0 unspecified atom stereocenters. The van der Waals surface area contributed by atoms with Gasteiger partial charge in [-0.25, -0.2) is 4.79 Å². The first-order valence-electron chi connectivity index (χ1n) is 10.00. The first-order chi connectivity index (χ1) is 15.4. The summed E-state index contributed by atoms with van der Waals surface area (Å²) in [6.07, 6.45) is 0. The Kier molecular flexibility index (Phi) is 6.30. The predicted octanol–water partition coefficient (Wildman–Crippen LogP) is 6.59. The second kappa shape index (κ2) is 9.30. The third-order valence-electron chi connectivity index (χ3n) is 4.75. The van der Waals surface area contributed by atoms with E-state index in [0.29, 0.717) is 27.7 Å². The Bertz CT molecular complexity index is 1300. The van der Waals surface area contributed by atoms with Crippen molar-refractivity contribution in [2.45, 2.75) is 13.8 Å². The lowest BCUT2D eigenvalue weighted by Crippen LogP contribution is -2.13. The van der Waals surface area contributed by atoms with Crippen molar-refractivity contribution in [3.63, 3.8) is 0 Å². The minimum Gasteiger partial charge on any atom is -0.453 e. The van der Waals surface area contributed by atoms with E-state index in [-0.39, 0.29) is 11.5 Å². The van der Waals surface area contributed by atoms with E-state index in [1.165, 1.54) is 0 Å². The third kappa shape index (κ3) is 4.85. The zero-order chi connectivity index (χ0) is 22.7. The van der Waals surface area contributed by atoms with Crippen LogP contribution in [0.4, 0.5) is 0 Å². The number of benzene rings is 4.